The van der Waals surface area contributed by atoms with Gasteiger partial charge in [0.1, 0.15) is 5.75 Å². The van der Waals surface area contributed by atoms with Crippen molar-refractivity contribution in [2.75, 3.05) is 13.1 Å². The molecule has 2 heteroatoms. The largest absolute Gasteiger partial charge is 0.508 e. The summed E-state index contributed by atoms with van der Waals surface area (Å²) in [6.45, 7) is 6.70. The molecule has 15 heavy (non-hydrogen) atoms. The van der Waals surface area contributed by atoms with Gasteiger partial charge in [0.05, 0.1) is 0 Å². The van der Waals surface area contributed by atoms with Crippen LogP contribution in [0.15, 0.2) is 24.3 Å². The van der Waals surface area contributed by atoms with Crippen LogP contribution in [0.1, 0.15) is 25.8 Å². The Bertz CT molecular complexity index is 350. The van der Waals surface area contributed by atoms with Crippen molar-refractivity contribution < 1.29 is 5.11 Å². The van der Waals surface area contributed by atoms with E-state index in [1.54, 1.807) is 6.07 Å². The predicted octanol–water partition coefficient (Wildman–Crippen LogP) is 2.28. The molecule has 0 amide bonds. The minimum absolute atomic E-state index is 0.198. The third-order valence-corrected chi connectivity index (χ3v) is 3.86. The van der Waals surface area contributed by atoms with E-state index in [4.69, 9.17) is 0 Å². The van der Waals surface area contributed by atoms with Gasteiger partial charge in [-0.3, -0.25) is 0 Å². The molecule has 2 atom stereocenters. The Morgan fingerprint density at radius 2 is 2.27 bits per heavy atom. The van der Waals surface area contributed by atoms with Crippen LogP contribution in [0.5, 0.6) is 5.75 Å². The minimum atomic E-state index is 0.198. The molecule has 1 aliphatic heterocycles. The number of phenols is 1. The van der Waals surface area contributed by atoms with E-state index < -0.39 is 0 Å². The number of nitrogens with one attached hydrogen (secondary N) is 1. The van der Waals surface area contributed by atoms with E-state index in [2.05, 4.69) is 25.2 Å². The van der Waals surface area contributed by atoms with Crippen molar-refractivity contribution in [3.63, 3.8) is 0 Å². The number of phenolic OH excluding ortho intramolecular Hbond substituents is 1. The van der Waals surface area contributed by atoms with Crippen LogP contribution in [-0.2, 0) is 5.41 Å². The fourth-order valence-electron chi connectivity index (χ4n) is 2.43. The smallest absolute Gasteiger partial charge is 0.115 e. The van der Waals surface area contributed by atoms with Crippen molar-refractivity contribution in [2.45, 2.75) is 25.7 Å². The van der Waals surface area contributed by atoms with E-state index in [9.17, 15) is 5.11 Å². The number of piperidine rings is 1. The molecule has 2 nitrogen and oxygen atoms in total. The molecule has 0 aliphatic carbocycles. The number of rotatable bonds is 1. The summed E-state index contributed by atoms with van der Waals surface area (Å²) in [5.41, 5.74) is 1.46. The molecule has 0 saturated carbocycles. The Labute approximate surface area is 91.3 Å². The van der Waals surface area contributed by atoms with Gasteiger partial charge >= 0.3 is 0 Å². The quantitative estimate of drug-likeness (QED) is 0.737. The Balaban J connectivity index is 2.34. The first-order valence-corrected chi connectivity index (χ1v) is 5.63. The number of hydrogen-bond acceptors (Lipinski definition) is 2. The van der Waals surface area contributed by atoms with Gasteiger partial charge in [0, 0.05) is 0 Å². The van der Waals surface area contributed by atoms with Crippen molar-refractivity contribution >= 4 is 0 Å². The first-order chi connectivity index (χ1) is 7.13. The van der Waals surface area contributed by atoms with Gasteiger partial charge in [0.2, 0.25) is 0 Å². The zero-order chi connectivity index (χ0) is 10.9. The third-order valence-electron chi connectivity index (χ3n) is 3.86. The zero-order valence-electron chi connectivity index (χ0n) is 9.46. The highest BCUT2D eigenvalue weighted by Gasteiger charge is 2.35. The van der Waals surface area contributed by atoms with Crippen molar-refractivity contribution in [3.05, 3.63) is 29.8 Å². The van der Waals surface area contributed by atoms with E-state index in [1.165, 1.54) is 5.56 Å². The highest BCUT2D eigenvalue weighted by atomic mass is 16.3. The van der Waals surface area contributed by atoms with E-state index >= 15 is 0 Å². The van der Waals surface area contributed by atoms with Gasteiger partial charge in [-0.2, -0.15) is 0 Å². The maximum atomic E-state index is 9.53. The third kappa shape index (κ3) is 1.86. The van der Waals surface area contributed by atoms with E-state index in [1.807, 2.05) is 12.1 Å². The first kappa shape index (κ1) is 10.5. The maximum absolute atomic E-state index is 9.53. The topological polar surface area (TPSA) is 32.3 Å². The monoisotopic (exact) mass is 205 g/mol. The van der Waals surface area contributed by atoms with E-state index in [-0.39, 0.29) is 5.41 Å². The summed E-state index contributed by atoms with van der Waals surface area (Å²) < 4.78 is 0. The molecule has 1 fully saturated rings. The predicted molar refractivity (Wildman–Crippen MR) is 62.1 cm³/mol. The van der Waals surface area contributed by atoms with Gasteiger partial charge in [0.15, 0.2) is 0 Å². The number of aromatic hydroxyl groups is 1. The summed E-state index contributed by atoms with van der Waals surface area (Å²) in [7, 11) is 0. The van der Waals surface area contributed by atoms with E-state index in [0.29, 0.717) is 11.7 Å². The van der Waals surface area contributed by atoms with Gasteiger partial charge in [-0.15, -0.1) is 0 Å². The lowest BCUT2D eigenvalue weighted by molar-refractivity contribution is 0.237. The molecule has 1 aromatic carbocycles. The lowest BCUT2D eigenvalue weighted by Crippen LogP contribution is -2.44. The van der Waals surface area contributed by atoms with Crippen LogP contribution < -0.4 is 5.32 Å². The van der Waals surface area contributed by atoms with Gasteiger partial charge in [0.25, 0.3) is 0 Å². The Kier molecular flexibility index (Phi) is 2.70. The van der Waals surface area contributed by atoms with Crippen LogP contribution in [0, 0.1) is 5.92 Å². The summed E-state index contributed by atoms with van der Waals surface area (Å²) >= 11 is 0. The summed E-state index contributed by atoms with van der Waals surface area (Å²) in [6, 6.07) is 7.70. The Morgan fingerprint density at radius 1 is 1.47 bits per heavy atom. The molecule has 82 valence electrons. The molecule has 0 aromatic heterocycles. The fourth-order valence-corrected chi connectivity index (χ4v) is 2.43. The second-order valence-electron chi connectivity index (χ2n) is 4.82. The van der Waals surface area contributed by atoms with Crippen LogP contribution in [0.3, 0.4) is 0 Å². The van der Waals surface area contributed by atoms with Crippen LogP contribution in [0.2, 0.25) is 0 Å². The lowest BCUT2D eigenvalue weighted by atomic mass is 9.68. The number of benzene rings is 1. The molecule has 1 heterocycles. The normalized spacial score (nSPS) is 31.5. The van der Waals surface area contributed by atoms with Crippen LogP contribution in [0.25, 0.3) is 0 Å². The second kappa shape index (κ2) is 3.86. The molecule has 2 N–H and O–H groups in total. The van der Waals surface area contributed by atoms with Gasteiger partial charge < -0.3 is 10.4 Å². The standard InChI is InChI=1S/C13H19NO/c1-10-9-14-7-6-13(10,2)11-4-3-5-12(15)8-11/h3-5,8,10,14-15H,6-7,9H2,1-2H3/t10-,13?/m0/s1. The molecule has 0 bridgehead atoms. The van der Waals surface area contributed by atoms with E-state index in [0.717, 1.165) is 19.5 Å². The van der Waals surface area contributed by atoms with Crippen LogP contribution in [-0.4, -0.2) is 18.2 Å². The maximum Gasteiger partial charge on any atom is 0.115 e. The highest BCUT2D eigenvalue weighted by Crippen LogP contribution is 2.37. The molecular weight excluding hydrogens is 186 g/mol. The molecule has 0 spiro atoms. The van der Waals surface area contributed by atoms with Crippen molar-refractivity contribution in [1.82, 2.24) is 5.32 Å². The molecule has 1 unspecified atom stereocenters. The average molecular weight is 205 g/mol. The summed E-state index contributed by atoms with van der Waals surface area (Å²) in [5, 5.41) is 12.9. The molecule has 0 radical (unpaired) electrons. The second-order valence-corrected chi connectivity index (χ2v) is 4.82. The summed E-state index contributed by atoms with van der Waals surface area (Å²) in [5.74, 6) is 0.979. The van der Waals surface area contributed by atoms with Crippen molar-refractivity contribution in [1.29, 1.82) is 0 Å². The molecule has 2 rings (SSSR count). The average Bonchev–Trinajstić information content (AvgIpc) is 2.23. The lowest BCUT2D eigenvalue weighted by Gasteiger charge is -2.40. The highest BCUT2D eigenvalue weighted by molar-refractivity contribution is 5.33. The summed E-state index contributed by atoms with van der Waals surface area (Å²) in [4.78, 5) is 0. The molecule has 1 aromatic rings. The van der Waals surface area contributed by atoms with Crippen molar-refractivity contribution in [3.8, 4) is 5.75 Å². The summed E-state index contributed by atoms with van der Waals surface area (Å²) in [6.07, 6.45) is 1.14. The van der Waals surface area contributed by atoms with Gasteiger partial charge in [-0.1, -0.05) is 26.0 Å². The van der Waals surface area contributed by atoms with Crippen LogP contribution >= 0.6 is 0 Å². The van der Waals surface area contributed by atoms with Crippen LogP contribution in [0.4, 0.5) is 0 Å². The van der Waals surface area contributed by atoms with Crippen molar-refractivity contribution in [2.24, 2.45) is 5.92 Å². The zero-order valence-corrected chi connectivity index (χ0v) is 9.46. The Hall–Kier alpha value is -1.02. The Morgan fingerprint density at radius 3 is 2.93 bits per heavy atom. The minimum Gasteiger partial charge on any atom is -0.508 e. The van der Waals surface area contributed by atoms with Gasteiger partial charge in [-0.05, 0) is 48.5 Å². The first-order valence-electron chi connectivity index (χ1n) is 5.63. The van der Waals surface area contributed by atoms with Gasteiger partial charge in [-0.25, -0.2) is 0 Å². The molecule has 1 saturated heterocycles. The number of hydrogen-bond donors (Lipinski definition) is 2. The molecule has 1 aliphatic rings. The SMILES string of the molecule is C[C@H]1CNCCC1(C)c1cccc(O)c1. The fraction of sp³-hybridized carbons (Fsp3) is 0.538. The molecular formula is C13H19NO.